The van der Waals surface area contributed by atoms with Crippen molar-refractivity contribution in [2.75, 3.05) is 20.3 Å². The van der Waals surface area contributed by atoms with Gasteiger partial charge in [-0.3, -0.25) is 0 Å². The molecule has 0 aromatic rings. The fourth-order valence-electron chi connectivity index (χ4n) is 1.69. The lowest BCUT2D eigenvalue weighted by molar-refractivity contribution is 0.172. The number of hydrogen-bond acceptors (Lipinski definition) is 2. The summed E-state index contributed by atoms with van der Waals surface area (Å²) in [6, 6.07) is 0.491. The molecule has 0 saturated carbocycles. The predicted octanol–water partition coefficient (Wildman–Crippen LogP) is 3.22. The first kappa shape index (κ1) is 14.9. The maximum atomic E-state index is 5.06. The van der Waals surface area contributed by atoms with E-state index in [9.17, 15) is 0 Å². The standard InChI is InChI=1S/C13H29NO/c1-12(2)9-7-5-6-8-10-14-13(3)11-15-4/h12-14H,5-11H2,1-4H3. The van der Waals surface area contributed by atoms with E-state index in [4.69, 9.17) is 4.74 Å². The van der Waals surface area contributed by atoms with Gasteiger partial charge in [0.05, 0.1) is 6.61 Å². The highest BCUT2D eigenvalue weighted by molar-refractivity contribution is 4.58. The van der Waals surface area contributed by atoms with E-state index < -0.39 is 0 Å². The van der Waals surface area contributed by atoms with Crippen molar-refractivity contribution < 1.29 is 4.74 Å². The van der Waals surface area contributed by atoms with Crippen LogP contribution in [0.3, 0.4) is 0 Å². The number of nitrogens with one attached hydrogen (secondary N) is 1. The minimum Gasteiger partial charge on any atom is -0.383 e. The summed E-state index contributed by atoms with van der Waals surface area (Å²) >= 11 is 0. The van der Waals surface area contributed by atoms with Crippen LogP contribution in [-0.4, -0.2) is 26.3 Å². The molecule has 1 atom stereocenters. The Morgan fingerprint density at radius 3 is 2.27 bits per heavy atom. The van der Waals surface area contributed by atoms with Gasteiger partial charge in [0.15, 0.2) is 0 Å². The molecule has 0 aromatic carbocycles. The van der Waals surface area contributed by atoms with Crippen molar-refractivity contribution in [1.29, 1.82) is 0 Å². The number of hydrogen-bond donors (Lipinski definition) is 1. The molecule has 0 aliphatic carbocycles. The Kier molecular flexibility index (Phi) is 10.4. The van der Waals surface area contributed by atoms with Crippen molar-refractivity contribution in [3.05, 3.63) is 0 Å². The fraction of sp³-hybridized carbons (Fsp3) is 1.00. The second kappa shape index (κ2) is 10.4. The van der Waals surface area contributed by atoms with Gasteiger partial charge in [-0.25, -0.2) is 0 Å². The summed E-state index contributed by atoms with van der Waals surface area (Å²) < 4.78 is 5.06. The molecule has 15 heavy (non-hydrogen) atoms. The number of rotatable bonds is 10. The van der Waals surface area contributed by atoms with Gasteiger partial charge in [-0.05, 0) is 25.8 Å². The molecule has 0 spiro atoms. The van der Waals surface area contributed by atoms with Gasteiger partial charge in [0.25, 0.3) is 0 Å². The molecule has 1 unspecified atom stereocenters. The summed E-state index contributed by atoms with van der Waals surface area (Å²) in [6.07, 6.45) is 6.82. The van der Waals surface area contributed by atoms with Gasteiger partial charge < -0.3 is 10.1 Å². The topological polar surface area (TPSA) is 21.3 Å². The second-order valence-electron chi connectivity index (χ2n) is 4.91. The molecule has 0 amide bonds. The maximum Gasteiger partial charge on any atom is 0.0613 e. The van der Waals surface area contributed by atoms with Crippen molar-refractivity contribution in [2.24, 2.45) is 5.92 Å². The molecular weight excluding hydrogens is 186 g/mol. The highest BCUT2D eigenvalue weighted by Crippen LogP contribution is 2.08. The van der Waals surface area contributed by atoms with Crippen LogP contribution in [0.25, 0.3) is 0 Å². The molecule has 0 heterocycles. The Labute approximate surface area is 95.8 Å². The van der Waals surface area contributed by atoms with E-state index in [0.29, 0.717) is 6.04 Å². The lowest BCUT2D eigenvalue weighted by Crippen LogP contribution is -2.30. The fourth-order valence-corrected chi connectivity index (χ4v) is 1.69. The molecule has 2 nitrogen and oxygen atoms in total. The van der Waals surface area contributed by atoms with Crippen LogP contribution in [0.15, 0.2) is 0 Å². The third-order valence-electron chi connectivity index (χ3n) is 2.62. The van der Waals surface area contributed by atoms with E-state index in [0.717, 1.165) is 19.1 Å². The molecule has 2 heteroatoms. The summed E-state index contributed by atoms with van der Waals surface area (Å²) in [5.41, 5.74) is 0. The van der Waals surface area contributed by atoms with Crippen LogP contribution in [0.1, 0.15) is 52.9 Å². The number of methoxy groups -OCH3 is 1. The highest BCUT2D eigenvalue weighted by Gasteiger charge is 1.99. The molecule has 0 aromatic heterocycles. The summed E-state index contributed by atoms with van der Waals surface area (Å²) in [5, 5.41) is 3.46. The van der Waals surface area contributed by atoms with Gasteiger partial charge in [-0.1, -0.05) is 39.5 Å². The quantitative estimate of drug-likeness (QED) is 0.565. The summed E-state index contributed by atoms with van der Waals surface area (Å²) in [4.78, 5) is 0. The van der Waals surface area contributed by atoms with Crippen molar-refractivity contribution in [3.8, 4) is 0 Å². The van der Waals surface area contributed by atoms with Crippen molar-refractivity contribution in [2.45, 2.75) is 58.9 Å². The minimum atomic E-state index is 0.491. The third-order valence-corrected chi connectivity index (χ3v) is 2.62. The van der Waals surface area contributed by atoms with E-state index in [1.165, 1.54) is 32.1 Å². The Balaban J connectivity index is 3.04. The van der Waals surface area contributed by atoms with Gasteiger partial charge in [-0.2, -0.15) is 0 Å². The van der Waals surface area contributed by atoms with E-state index in [1.54, 1.807) is 7.11 Å². The van der Waals surface area contributed by atoms with E-state index >= 15 is 0 Å². The zero-order chi connectivity index (χ0) is 11.5. The van der Waals surface area contributed by atoms with Crippen LogP contribution in [0, 0.1) is 5.92 Å². The molecule has 1 N–H and O–H groups in total. The van der Waals surface area contributed by atoms with Gasteiger partial charge in [0.2, 0.25) is 0 Å². The average Bonchev–Trinajstić information content (AvgIpc) is 2.16. The van der Waals surface area contributed by atoms with Crippen molar-refractivity contribution in [1.82, 2.24) is 5.32 Å². The molecule has 0 fully saturated rings. The Morgan fingerprint density at radius 2 is 1.67 bits per heavy atom. The predicted molar refractivity (Wildman–Crippen MR) is 67.3 cm³/mol. The normalized spacial score (nSPS) is 13.4. The Hall–Kier alpha value is -0.0800. The van der Waals surface area contributed by atoms with E-state index in [1.807, 2.05) is 0 Å². The van der Waals surface area contributed by atoms with Crippen LogP contribution in [0.5, 0.6) is 0 Å². The molecule has 0 aliphatic heterocycles. The van der Waals surface area contributed by atoms with E-state index in [2.05, 4.69) is 26.1 Å². The molecule has 0 bridgehead atoms. The average molecular weight is 215 g/mol. The monoisotopic (exact) mass is 215 g/mol. The molecule has 0 rings (SSSR count). The van der Waals surface area contributed by atoms with Crippen LogP contribution < -0.4 is 5.32 Å². The zero-order valence-corrected chi connectivity index (χ0v) is 11.0. The highest BCUT2D eigenvalue weighted by atomic mass is 16.5. The molecule has 0 saturated heterocycles. The van der Waals surface area contributed by atoms with Crippen molar-refractivity contribution >= 4 is 0 Å². The first-order valence-electron chi connectivity index (χ1n) is 6.39. The molecule has 0 radical (unpaired) electrons. The summed E-state index contributed by atoms with van der Waals surface area (Å²) in [7, 11) is 1.75. The molecule has 0 aliphatic rings. The Bertz CT molecular complexity index is 126. The van der Waals surface area contributed by atoms with Gasteiger partial charge in [-0.15, -0.1) is 0 Å². The van der Waals surface area contributed by atoms with Crippen molar-refractivity contribution in [3.63, 3.8) is 0 Å². The minimum absolute atomic E-state index is 0.491. The lowest BCUT2D eigenvalue weighted by atomic mass is 10.0. The first-order valence-corrected chi connectivity index (χ1v) is 6.39. The SMILES string of the molecule is COCC(C)NCCCCCCC(C)C. The smallest absolute Gasteiger partial charge is 0.0613 e. The lowest BCUT2D eigenvalue weighted by Gasteiger charge is -2.12. The number of unbranched alkanes of at least 4 members (excludes halogenated alkanes) is 3. The molecular formula is C13H29NO. The third kappa shape index (κ3) is 11.8. The Morgan fingerprint density at radius 1 is 1.00 bits per heavy atom. The van der Waals surface area contributed by atoms with Gasteiger partial charge >= 0.3 is 0 Å². The molecule has 92 valence electrons. The van der Waals surface area contributed by atoms with Crippen LogP contribution >= 0.6 is 0 Å². The first-order chi connectivity index (χ1) is 7.16. The van der Waals surface area contributed by atoms with Gasteiger partial charge in [0, 0.05) is 13.2 Å². The van der Waals surface area contributed by atoms with Crippen LogP contribution in [-0.2, 0) is 4.74 Å². The largest absolute Gasteiger partial charge is 0.383 e. The van der Waals surface area contributed by atoms with Crippen LogP contribution in [0.2, 0.25) is 0 Å². The second-order valence-corrected chi connectivity index (χ2v) is 4.91. The van der Waals surface area contributed by atoms with E-state index in [-0.39, 0.29) is 0 Å². The summed E-state index contributed by atoms with van der Waals surface area (Å²) in [5.74, 6) is 0.866. The maximum absolute atomic E-state index is 5.06. The summed E-state index contributed by atoms with van der Waals surface area (Å²) in [6.45, 7) is 8.71. The van der Waals surface area contributed by atoms with Gasteiger partial charge in [0.1, 0.15) is 0 Å². The van der Waals surface area contributed by atoms with Crippen LogP contribution in [0.4, 0.5) is 0 Å². The zero-order valence-electron chi connectivity index (χ0n) is 11.0. The number of ether oxygens (including phenoxy) is 1.